The van der Waals surface area contributed by atoms with Crippen molar-refractivity contribution in [3.05, 3.63) is 59.7 Å². The van der Waals surface area contributed by atoms with Crippen LogP contribution in [-0.2, 0) is 11.3 Å². The van der Waals surface area contributed by atoms with E-state index in [0.717, 1.165) is 18.8 Å². The number of nitrogens with zero attached hydrogens (tertiary/aromatic N) is 1. The molecule has 0 amide bonds. The molecule has 0 saturated heterocycles. The van der Waals surface area contributed by atoms with Gasteiger partial charge in [-0.25, -0.2) is 0 Å². The number of ether oxygens (including phenoxy) is 3. The van der Waals surface area contributed by atoms with E-state index in [-0.39, 0.29) is 6.61 Å². The second kappa shape index (κ2) is 10.8. The number of aryl methyl sites for hydroxylation is 1. The zero-order chi connectivity index (χ0) is 18.8. The summed E-state index contributed by atoms with van der Waals surface area (Å²) in [4.78, 5) is 2.19. The maximum Gasteiger partial charge on any atom is 0.119 e. The molecule has 0 unspecified atom stereocenters. The Morgan fingerprint density at radius 3 is 2.35 bits per heavy atom. The van der Waals surface area contributed by atoms with Gasteiger partial charge in [0.1, 0.15) is 24.2 Å². The fraction of sp³-hybridized carbons (Fsp3) is 0.429. The van der Waals surface area contributed by atoms with Gasteiger partial charge in [0.15, 0.2) is 0 Å². The van der Waals surface area contributed by atoms with Crippen LogP contribution in [0.2, 0.25) is 0 Å². The van der Waals surface area contributed by atoms with Crippen molar-refractivity contribution in [2.75, 3.05) is 40.5 Å². The first-order chi connectivity index (χ1) is 12.6. The molecule has 2 rings (SSSR count). The molecule has 26 heavy (non-hydrogen) atoms. The van der Waals surface area contributed by atoms with Gasteiger partial charge in [0.25, 0.3) is 0 Å². The molecule has 0 radical (unpaired) electrons. The first-order valence-corrected chi connectivity index (χ1v) is 8.83. The third kappa shape index (κ3) is 6.67. The Bertz CT molecular complexity index is 645. The van der Waals surface area contributed by atoms with Crippen LogP contribution in [0.4, 0.5) is 0 Å². The van der Waals surface area contributed by atoms with Crippen molar-refractivity contribution in [1.82, 2.24) is 4.90 Å². The molecule has 2 aromatic carbocycles. The van der Waals surface area contributed by atoms with E-state index in [2.05, 4.69) is 24.0 Å². The van der Waals surface area contributed by atoms with Gasteiger partial charge >= 0.3 is 0 Å². The van der Waals surface area contributed by atoms with Gasteiger partial charge in [-0.15, -0.1) is 0 Å². The van der Waals surface area contributed by atoms with Crippen molar-refractivity contribution < 1.29 is 19.3 Å². The first-order valence-electron chi connectivity index (χ1n) is 8.83. The number of methoxy groups -OCH3 is 2. The zero-order valence-corrected chi connectivity index (χ0v) is 15.9. The van der Waals surface area contributed by atoms with E-state index in [1.54, 1.807) is 14.2 Å². The lowest BCUT2D eigenvalue weighted by Gasteiger charge is -2.25. The summed E-state index contributed by atoms with van der Waals surface area (Å²) in [5.41, 5.74) is 2.51. The van der Waals surface area contributed by atoms with E-state index >= 15 is 0 Å². The number of hydrogen-bond donors (Lipinski definition) is 1. The number of benzene rings is 2. The molecule has 142 valence electrons. The van der Waals surface area contributed by atoms with Crippen LogP contribution in [0.5, 0.6) is 11.5 Å². The van der Waals surface area contributed by atoms with Crippen molar-refractivity contribution in [1.29, 1.82) is 0 Å². The Kier molecular flexibility index (Phi) is 8.41. The highest BCUT2D eigenvalue weighted by Gasteiger charge is 2.14. The predicted octanol–water partition coefficient (Wildman–Crippen LogP) is 2.89. The molecule has 0 aliphatic rings. The predicted molar refractivity (Wildman–Crippen MR) is 103 cm³/mol. The Morgan fingerprint density at radius 2 is 1.69 bits per heavy atom. The Balaban J connectivity index is 1.88. The molecular formula is C21H29NO4. The summed E-state index contributed by atoms with van der Waals surface area (Å²) in [6, 6.07) is 15.6. The van der Waals surface area contributed by atoms with Crippen LogP contribution in [-0.4, -0.2) is 56.6 Å². The lowest BCUT2D eigenvalue weighted by Crippen LogP contribution is -2.37. The highest BCUT2D eigenvalue weighted by molar-refractivity contribution is 5.31. The fourth-order valence-corrected chi connectivity index (χ4v) is 2.70. The molecule has 0 heterocycles. The molecule has 0 aromatic heterocycles. The molecule has 1 N–H and O–H groups in total. The van der Waals surface area contributed by atoms with Gasteiger partial charge in [-0.3, -0.25) is 4.90 Å². The van der Waals surface area contributed by atoms with Crippen molar-refractivity contribution in [3.63, 3.8) is 0 Å². The van der Waals surface area contributed by atoms with E-state index in [1.165, 1.54) is 11.1 Å². The Morgan fingerprint density at radius 1 is 1.00 bits per heavy atom. The first kappa shape index (κ1) is 20.2. The molecule has 1 atom stereocenters. The van der Waals surface area contributed by atoms with Crippen molar-refractivity contribution in [2.45, 2.75) is 19.6 Å². The summed E-state index contributed by atoms with van der Waals surface area (Å²) in [5.74, 6) is 1.49. The van der Waals surface area contributed by atoms with E-state index in [4.69, 9.17) is 14.2 Å². The molecule has 0 bridgehead atoms. The largest absolute Gasteiger partial charge is 0.497 e. The molecular weight excluding hydrogens is 330 g/mol. The van der Waals surface area contributed by atoms with E-state index in [9.17, 15) is 5.11 Å². The van der Waals surface area contributed by atoms with Crippen LogP contribution in [0.25, 0.3) is 0 Å². The maximum absolute atomic E-state index is 10.4. The van der Waals surface area contributed by atoms with Gasteiger partial charge in [0.05, 0.1) is 13.7 Å². The molecule has 2 aromatic rings. The molecule has 0 spiro atoms. The molecule has 0 fully saturated rings. The standard InChI is InChI=1S/C21H29NO4/c1-17-6-4-5-7-18(17)14-22(12-13-24-2)15-19(23)16-26-21-10-8-20(25-3)9-11-21/h4-11,19,23H,12-16H2,1-3H3/t19-/m0/s1. The molecule has 0 aliphatic carbocycles. The summed E-state index contributed by atoms with van der Waals surface area (Å²) < 4.78 is 16.0. The van der Waals surface area contributed by atoms with E-state index in [1.807, 2.05) is 36.4 Å². The quantitative estimate of drug-likeness (QED) is 0.669. The molecule has 0 saturated carbocycles. The molecule has 5 heteroatoms. The Hall–Kier alpha value is -2.08. The summed E-state index contributed by atoms with van der Waals surface area (Å²) >= 11 is 0. The maximum atomic E-state index is 10.4. The third-order valence-corrected chi connectivity index (χ3v) is 4.24. The van der Waals surface area contributed by atoms with Crippen LogP contribution in [0.1, 0.15) is 11.1 Å². The fourth-order valence-electron chi connectivity index (χ4n) is 2.70. The average Bonchev–Trinajstić information content (AvgIpc) is 2.66. The monoisotopic (exact) mass is 359 g/mol. The average molecular weight is 359 g/mol. The molecule has 0 aliphatic heterocycles. The summed E-state index contributed by atoms with van der Waals surface area (Å²) in [6.45, 7) is 5.02. The normalized spacial score (nSPS) is 12.2. The summed E-state index contributed by atoms with van der Waals surface area (Å²) in [6.07, 6.45) is -0.585. The number of aliphatic hydroxyl groups is 1. The van der Waals surface area contributed by atoms with Crippen molar-refractivity contribution in [2.24, 2.45) is 0 Å². The number of hydrogen-bond acceptors (Lipinski definition) is 5. The SMILES string of the molecule is COCCN(Cc1ccccc1C)C[C@H](O)COc1ccc(OC)cc1. The van der Waals surface area contributed by atoms with Crippen LogP contribution in [0.3, 0.4) is 0 Å². The Labute approximate surface area is 156 Å². The zero-order valence-electron chi connectivity index (χ0n) is 15.9. The van der Waals surface area contributed by atoms with Crippen molar-refractivity contribution in [3.8, 4) is 11.5 Å². The minimum atomic E-state index is -0.585. The third-order valence-electron chi connectivity index (χ3n) is 4.24. The summed E-state index contributed by atoms with van der Waals surface area (Å²) in [7, 11) is 3.32. The molecule has 5 nitrogen and oxygen atoms in total. The second-order valence-corrected chi connectivity index (χ2v) is 6.29. The van der Waals surface area contributed by atoms with Crippen LogP contribution in [0, 0.1) is 6.92 Å². The van der Waals surface area contributed by atoms with Gasteiger partial charge in [0.2, 0.25) is 0 Å². The van der Waals surface area contributed by atoms with Gasteiger partial charge in [-0.05, 0) is 42.3 Å². The van der Waals surface area contributed by atoms with E-state index < -0.39 is 6.10 Å². The van der Waals surface area contributed by atoms with Gasteiger partial charge in [-0.2, -0.15) is 0 Å². The van der Waals surface area contributed by atoms with Crippen LogP contribution >= 0.6 is 0 Å². The van der Waals surface area contributed by atoms with E-state index in [0.29, 0.717) is 18.9 Å². The minimum Gasteiger partial charge on any atom is -0.497 e. The second-order valence-electron chi connectivity index (χ2n) is 6.29. The highest BCUT2D eigenvalue weighted by atomic mass is 16.5. The number of rotatable bonds is 11. The highest BCUT2D eigenvalue weighted by Crippen LogP contribution is 2.17. The van der Waals surface area contributed by atoms with Crippen LogP contribution in [0.15, 0.2) is 48.5 Å². The number of aliphatic hydroxyl groups excluding tert-OH is 1. The van der Waals surface area contributed by atoms with Crippen molar-refractivity contribution >= 4 is 0 Å². The lowest BCUT2D eigenvalue weighted by molar-refractivity contribution is 0.0541. The van der Waals surface area contributed by atoms with Gasteiger partial charge in [0, 0.05) is 26.7 Å². The minimum absolute atomic E-state index is 0.240. The summed E-state index contributed by atoms with van der Waals surface area (Å²) in [5, 5.41) is 10.4. The van der Waals surface area contributed by atoms with Crippen LogP contribution < -0.4 is 9.47 Å². The van der Waals surface area contributed by atoms with Gasteiger partial charge < -0.3 is 19.3 Å². The lowest BCUT2D eigenvalue weighted by atomic mass is 10.1. The topological polar surface area (TPSA) is 51.2 Å². The van der Waals surface area contributed by atoms with Gasteiger partial charge in [-0.1, -0.05) is 24.3 Å². The smallest absolute Gasteiger partial charge is 0.119 e.